The number of primary amides is 1. The largest absolute Gasteiger partial charge is 0.366 e. The molecule has 0 atom stereocenters. The second-order valence-electron chi connectivity index (χ2n) is 5.53. The highest BCUT2D eigenvalue weighted by Gasteiger charge is 2.16. The normalized spacial score (nSPS) is 15.1. The molecule has 1 aromatic rings. The Balaban J connectivity index is 1.78. The maximum atomic E-state index is 11.9. The van der Waals surface area contributed by atoms with E-state index < -0.39 is 5.91 Å². The van der Waals surface area contributed by atoms with Gasteiger partial charge in [0.15, 0.2) is 0 Å². The molecule has 0 saturated heterocycles. The molecular weight excluding hydrogens is 282 g/mol. The molecule has 0 heterocycles. The minimum absolute atomic E-state index is 0.0487. The molecule has 0 bridgehead atoms. The number of amides is 3. The Morgan fingerprint density at radius 2 is 1.59 bits per heavy atom. The minimum atomic E-state index is -0.543. The second kappa shape index (κ2) is 7.59. The molecule has 1 fully saturated rings. The zero-order chi connectivity index (χ0) is 15.9. The van der Waals surface area contributed by atoms with Crippen molar-refractivity contribution in [1.82, 2.24) is 10.6 Å². The van der Waals surface area contributed by atoms with E-state index in [1.807, 2.05) is 0 Å². The molecule has 2 rings (SSSR count). The van der Waals surface area contributed by atoms with Crippen molar-refractivity contribution in [3.8, 4) is 0 Å². The maximum Gasteiger partial charge on any atom is 0.251 e. The van der Waals surface area contributed by atoms with Crippen LogP contribution in [0, 0.1) is 0 Å². The van der Waals surface area contributed by atoms with Gasteiger partial charge < -0.3 is 16.4 Å². The van der Waals surface area contributed by atoms with Crippen LogP contribution in [0.5, 0.6) is 0 Å². The SMILES string of the molecule is NC(=O)c1ccc(C(=O)NCC(=O)NC2CCCCC2)cc1. The minimum Gasteiger partial charge on any atom is -0.366 e. The molecule has 1 aromatic carbocycles. The van der Waals surface area contributed by atoms with Gasteiger partial charge in [-0.3, -0.25) is 14.4 Å². The lowest BCUT2D eigenvalue weighted by Crippen LogP contribution is -2.42. The van der Waals surface area contributed by atoms with Gasteiger partial charge in [0.25, 0.3) is 5.91 Å². The zero-order valence-electron chi connectivity index (χ0n) is 12.4. The smallest absolute Gasteiger partial charge is 0.251 e. The molecule has 0 spiro atoms. The van der Waals surface area contributed by atoms with Crippen LogP contribution in [0.3, 0.4) is 0 Å². The first-order valence-corrected chi connectivity index (χ1v) is 7.53. The van der Waals surface area contributed by atoms with Gasteiger partial charge in [0.05, 0.1) is 6.54 Å². The first kappa shape index (κ1) is 16.0. The van der Waals surface area contributed by atoms with Crippen LogP contribution in [0.2, 0.25) is 0 Å². The lowest BCUT2D eigenvalue weighted by atomic mass is 9.95. The number of nitrogens with one attached hydrogen (secondary N) is 2. The van der Waals surface area contributed by atoms with Gasteiger partial charge in [0.1, 0.15) is 0 Å². The maximum absolute atomic E-state index is 11.9. The molecule has 4 N–H and O–H groups in total. The van der Waals surface area contributed by atoms with E-state index in [0.29, 0.717) is 11.1 Å². The number of carbonyl (C=O) groups is 3. The summed E-state index contributed by atoms with van der Waals surface area (Å²) in [6.45, 7) is -0.0487. The first-order valence-electron chi connectivity index (χ1n) is 7.53. The Morgan fingerprint density at radius 3 is 2.18 bits per heavy atom. The van der Waals surface area contributed by atoms with Crippen LogP contribution < -0.4 is 16.4 Å². The van der Waals surface area contributed by atoms with Gasteiger partial charge in [0.2, 0.25) is 11.8 Å². The van der Waals surface area contributed by atoms with Crippen LogP contribution in [0.1, 0.15) is 52.8 Å². The molecule has 0 aliphatic heterocycles. The Hall–Kier alpha value is -2.37. The Labute approximate surface area is 129 Å². The number of hydrogen-bond donors (Lipinski definition) is 3. The predicted molar refractivity (Wildman–Crippen MR) is 82.3 cm³/mol. The standard InChI is InChI=1S/C16H21N3O3/c17-15(21)11-6-8-12(9-7-11)16(22)18-10-14(20)19-13-4-2-1-3-5-13/h6-9,13H,1-5,10H2,(H2,17,21)(H,18,22)(H,19,20). The molecule has 22 heavy (non-hydrogen) atoms. The van der Waals surface area contributed by atoms with Gasteiger partial charge in [-0.2, -0.15) is 0 Å². The third-order valence-electron chi connectivity index (χ3n) is 3.81. The average Bonchev–Trinajstić information content (AvgIpc) is 2.53. The molecule has 1 aliphatic rings. The molecule has 118 valence electrons. The third kappa shape index (κ3) is 4.58. The highest BCUT2D eigenvalue weighted by molar-refractivity contribution is 5.98. The van der Waals surface area contributed by atoms with Crippen molar-refractivity contribution in [3.63, 3.8) is 0 Å². The monoisotopic (exact) mass is 303 g/mol. The summed E-state index contributed by atoms with van der Waals surface area (Å²) < 4.78 is 0. The number of rotatable bonds is 5. The summed E-state index contributed by atoms with van der Waals surface area (Å²) >= 11 is 0. The second-order valence-corrected chi connectivity index (χ2v) is 5.53. The number of nitrogens with two attached hydrogens (primary N) is 1. The van der Waals surface area contributed by atoms with Crippen LogP contribution in [0.15, 0.2) is 24.3 Å². The molecule has 0 unspecified atom stereocenters. The van der Waals surface area contributed by atoms with Crippen LogP contribution >= 0.6 is 0 Å². The van der Waals surface area contributed by atoms with E-state index in [0.717, 1.165) is 25.7 Å². The Kier molecular flexibility index (Phi) is 5.52. The van der Waals surface area contributed by atoms with Crippen molar-refractivity contribution in [2.45, 2.75) is 38.1 Å². The van der Waals surface area contributed by atoms with E-state index in [-0.39, 0.29) is 24.4 Å². The molecule has 3 amide bonds. The number of hydrogen-bond acceptors (Lipinski definition) is 3. The summed E-state index contributed by atoms with van der Waals surface area (Å²) in [5.41, 5.74) is 5.86. The van der Waals surface area contributed by atoms with Crippen LogP contribution in [-0.2, 0) is 4.79 Å². The quantitative estimate of drug-likeness (QED) is 0.755. The number of carbonyl (C=O) groups excluding carboxylic acids is 3. The van der Waals surface area contributed by atoms with E-state index in [9.17, 15) is 14.4 Å². The first-order chi connectivity index (χ1) is 10.6. The van der Waals surface area contributed by atoms with Crippen molar-refractivity contribution in [3.05, 3.63) is 35.4 Å². The highest BCUT2D eigenvalue weighted by Crippen LogP contribution is 2.17. The molecular formula is C16H21N3O3. The molecule has 6 nitrogen and oxygen atoms in total. The van der Waals surface area contributed by atoms with Gasteiger partial charge in [-0.25, -0.2) is 0 Å². The van der Waals surface area contributed by atoms with E-state index >= 15 is 0 Å². The van der Waals surface area contributed by atoms with Gasteiger partial charge >= 0.3 is 0 Å². The molecule has 1 saturated carbocycles. The van der Waals surface area contributed by atoms with Crippen LogP contribution in [0.4, 0.5) is 0 Å². The molecule has 1 aliphatic carbocycles. The fourth-order valence-electron chi connectivity index (χ4n) is 2.57. The molecule has 0 radical (unpaired) electrons. The lowest BCUT2D eigenvalue weighted by molar-refractivity contribution is -0.121. The van der Waals surface area contributed by atoms with Gasteiger partial charge in [-0.15, -0.1) is 0 Å². The summed E-state index contributed by atoms with van der Waals surface area (Å²) in [6, 6.07) is 6.22. The van der Waals surface area contributed by atoms with E-state index in [2.05, 4.69) is 10.6 Å². The fourth-order valence-corrected chi connectivity index (χ4v) is 2.57. The van der Waals surface area contributed by atoms with Crippen molar-refractivity contribution < 1.29 is 14.4 Å². The van der Waals surface area contributed by atoms with Crippen molar-refractivity contribution in [1.29, 1.82) is 0 Å². The topological polar surface area (TPSA) is 101 Å². The third-order valence-corrected chi connectivity index (χ3v) is 3.81. The van der Waals surface area contributed by atoms with Crippen LogP contribution in [-0.4, -0.2) is 30.3 Å². The van der Waals surface area contributed by atoms with Crippen molar-refractivity contribution in [2.24, 2.45) is 5.73 Å². The summed E-state index contributed by atoms with van der Waals surface area (Å²) in [6.07, 6.45) is 5.53. The van der Waals surface area contributed by atoms with Crippen molar-refractivity contribution >= 4 is 17.7 Å². The Bertz CT molecular complexity index is 548. The molecule has 6 heteroatoms. The van der Waals surface area contributed by atoms with E-state index in [4.69, 9.17) is 5.73 Å². The lowest BCUT2D eigenvalue weighted by Gasteiger charge is -2.22. The van der Waals surface area contributed by atoms with Crippen LogP contribution in [0.25, 0.3) is 0 Å². The summed E-state index contributed by atoms with van der Waals surface area (Å²) in [5.74, 6) is -1.07. The average molecular weight is 303 g/mol. The predicted octanol–water partition coefficient (Wildman–Crippen LogP) is 0.964. The molecule has 0 aromatic heterocycles. The highest BCUT2D eigenvalue weighted by atomic mass is 16.2. The number of benzene rings is 1. The van der Waals surface area contributed by atoms with E-state index in [1.165, 1.54) is 30.7 Å². The van der Waals surface area contributed by atoms with Gasteiger partial charge in [0, 0.05) is 17.2 Å². The summed E-state index contributed by atoms with van der Waals surface area (Å²) in [4.78, 5) is 34.7. The van der Waals surface area contributed by atoms with Gasteiger partial charge in [-0.05, 0) is 37.1 Å². The van der Waals surface area contributed by atoms with E-state index in [1.54, 1.807) is 0 Å². The summed E-state index contributed by atoms with van der Waals surface area (Å²) in [7, 11) is 0. The van der Waals surface area contributed by atoms with Crippen molar-refractivity contribution in [2.75, 3.05) is 6.54 Å². The summed E-state index contributed by atoms with van der Waals surface area (Å²) in [5, 5.41) is 5.50. The Morgan fingerprint density at radius 1 is 1.00 bits per heavy atom. The fraction of sp³-hybridized carbons (Fsp3) is 0.438. The van der Waals surface area contributed by atoms with Gasteiger partial charge in [-0.1, -0.05) is 19.3 Å². The zero-order valence-corrected chi connectivity index (χ0v) is 12.4.